The van der Waals surface area contributed by atoms with Crippen LogP contribution in [-0.2, 0) is 20.0 Å². The van der Waals surface area contributed by atoms with Crippen LogP contribution in [0.25, 0.3) is 0 Å². The Morgan fingerprint density at radius 3 is 2.37 bits per heavy atom. The first-order valence-electron chi connectivity index (χ1n) is 8.03. The van der Waals surface area contributed by atoms with Gasteiger partial charge in [0.15, 0.2) is 0 Å². The summed E-state index contributed by atoms with van der Waals surface area (Å²) >= 11 is 6.59. The maximum absolute atomic E-state index is 13.9. The number of hydrogen-bond acceptors (Lipinski definition) is 6. The summed E-state index contributed by atoms with van der Waals surface area (Å²) in [5.74, 6) is -2.06. The van der Waals surface area contributed by atoms with E-state index >= 15 is 0 Å². The van der Waals surface area contributed by atoms with Gasteiger partial charge in [-0.05, 0) is 41.8 Å². The minimum Gasteiger partial charge on any atom is -0.278 e. The Balaban J connectivity index is 1.80. The minimum atomic E-state index is -4.45. The van der Waals surface area contributed by atoms with Gasteiger partial charge in [0.05, 0.1) is 11.3 Å². The predicted molar refractivity (Wildman–Crippen MR) is 111 cm³/mol. The van der Waals surface area contributed by atoms with Gasteiger partial charge in [0, 0.05) is 5.02 Å². The van der Waals surface area contributed by atoms with Crippen LogP contribution in [0.15, 0.2) is 69.1 Å². The van der Waals surface area contributed by atoms with Gasteiger partial charge in [0.1, 0.15) is 14.9 Å². The summed E-state index contributed by atoms with van der Waals surface area (Å²) in [5, 5.41) is 1.58. The van der Waals surface area contributed by atoms with Crippen LogP contribution in [0.4, 0.5) is 10.1 Å². The minimum absolute atomic E-state index is 0.00226. The molecule has 0 spiro atoms. The number of hydrazine groups is 1. The third-order valence-electron chi connectivity index (χ3n) is 3.66. The largest absolute Gasteiger partial charge is 0.278 e. The van der Waals surface area contributed by atoms with E-state index in [1.807, 2.05) is 5.43 Å². The van der Waals surface area contributed by atoms with E-state index in [4.69, 9.17) is 11.6 Å². The normalized spacial score (nSPS) is 11.8. The van der Waals surface area contributed by atoms with E-state index in [2.05, 4.69) is 4.72 Å². The second kappa shape index (κ2) is 8.70. The van der Waals surface area contributed by atoms with Crippen molar-refractivity contribution < 1.29 is 26.0 Å². The van der Waals surface area contributed by atoms with E-state index in [-0.39, 0.29) is 20.5 Å². The van der Waals surface area contributed by atoms with E-state index in [0.717, 1.165) is 23.5 Å². The molecule has 3 rings (SSSR count). The molecule has 0 atom stereocenters. The number of thiophene rings is 1. The molecule has 1 amide bonds. The number of nitrogens with one attached hydrogen (secondary N) is 3. The molecule has 8 nitrogen and oxygen atoms in total. The van der Waals surface area contributed by atoms with Crippen LogP contribution in [-0.4, -0.2) is 22.7 Å². The molecule has 0 aliphatic carbocycles. The zero-order valence-corrected chi connectivity index (χ0v) is 18.0. The Bertz CT molecular complexity index is 1300. The maximum Gasteiger partial charge on any atom is 0.271 e. The molecule has 0 bridgehead atoms. The highest BCUT2D eigenvalue weighted by atomic mass is 35.5. The molecule has 0 aliphatic heterocycles. The zero-order chi connectivity index (χ0) is 21.9. The first-order chi connectivity index (χ1) is 14.1. The van der Waals surface area contributed by atoms with Crippen molar-refractivity contribution in [3.63, 3.8) is 0 Å². The molecule has 0 saturated heterocycles. The fourth-order valence-corrected chi connectivity index (χ4v) is 5.44. The van der Waals surface area contributed by atoms with Gasteiger partial charge >= 0.3 is 0 Å². The fraction of sp³-hybridized carbons (Fsp3) is 0. The average Bonchev–Trinajstić information content (AvgIpc) is 3.22. The molecule has 0 aliphatic rings. The first-order valence-corrected chi connectivity index (χ1v) is 12.2. The molecule has 13 heteroatoms. The van der Waals surface area contributed by atoms with Crippen molar-refractivity contribution in [3.05, 3.63) is 76.4 Å². The summed E-state index contributed by atoms with van der Waals surface area (Å²) in [6.45, 7) is 0. The van der Waals surface area contributed by atoms with Gasteiger partial charge in [0.2, 0.25) is 0 Å². The van der Waals surface area contributed by atoms with E-state index < -0.39 is 36.7 Å². The van der Waals surface area contributed by atoms with Crippen molar-refractivity contribution in [2.75, 3.05) is 4.72 Å². The lowest BCUT2D eigenvalue weighted by molar-refractivity contribution is 0.0946. The number of amides is 1. The Labute approximate surface area is 180 Å². The Morgan fingerprint density at radius 1 is 0.967 bits per heavy atom. The van der Waals surface area contributed by atoms with Crippen LogP contribution < -0.4 is 15.0 Å². The number of carbonyl (C=O) groups excluding carboxylic acids is 1. The molecular weight excluding hydrogens is 477 g/mol. The lowest BCUT2D eigenvalue weighted by Crippen LogP contribution is -2.42. The molecule has 3 N–H and O–H groups in total. The van der Waals surface area contributed by atoms with E-state index in [1.165, 1.54) is 36.4 Å². The molecule has 1 aromatic heterocycles. The Hall–Kier alpha value is -2.51. The molecule has 30 heavy (non-hydrogen) atoms. The van der Waals surface area contributed by atoms with Crippen LogP contribution in [0.3, 0.4) is 0 Å². The predicted octanol–water partition coefficient (Wildman–Crippen LogP) is 2.96. The first kappa shape index (κ1) is 22.2. The number of sulfonamides is 2. The number of para-hydroxylation sites is 1. The zero-order valence-electron chi connectivity index (χ0n) is 14.8. The highest BCUT2D eigenvalue weighted by Crippen LogP contribution is 2.23. The van der Waals surface area contributed by atoms with Crippen molar-refractivity contribution in [2.24, 2.45) is 0 Å². The van der Waals surface area contributed by atoms with Crippen LogP contribution in [0.5, 0.6) is 0 Å². The van der Waals surface area contributed by atoms with E-state index in [0.29, 0.717) is 0 Å². The standard InChI is InChI=1S/C17H13ClFN3O5S3/c18-11-7-8-15(13(19)10-11)29(24,25)22-20-17(23)12-4-1-2-5-14(12)21-30(26,27)16-6-3-9-28-16/h1-10,21-22H,(H,20,23). The number of halogens is 2. The smallest absolute Gasteiger partial charge is 0.271 e. The van der Waals surface area contributed by atoms with Gasteiger partial charge in [-0.3, -0.25) is 14.9 Å². The summed E-state index contributed by atoms with van der Waals surface area (Å²) < 4.78 is 65.5. The lowest BCUT2D eigenvalue weighted by atomic mass is 10.2. The van der Waals surface area contributed by atoms with Gasteiger partial charge in [-0.2, -0.15) is 0 Å². The summed E-state index contributed by atoms with van der Waals surface area (Å²) in [7, 11) is -8.38. The molecule has 0 radical (unpaired) electrons. The maximum atomic E-state index is 13.9. The van der Waals surface area contributed by atoms with Crippen molar-refractivity contribution in [1.82, 2.24) is 10.3 Å². The third-order valence-corrected chi connectivity index (χ3v) is 7.94. The number of hydrogen-bond donors (Lipinski definition) is 3. The van der Waals surface area contributed by atoms with Gasteiger partial charge < -0.3 is 0 Å². The van der Waals surface area contributed by atoms with Crippen LogP contribution in [0, 0.1) is 5.82 Å². The van der Waals surface area contributed by atoms with Crippen molar-refractivity contribution in [2.45, 2.75) is 9.10 Å². The molecule has 0 unspecified atom stereocenters. The molecule has 158 valence electrons. The number of anilines is 1. The molecular formula is C17H13ClFN3O5S3. The SMILES string of the molecule is O=C(NNS(=O)(=O)c1ccc(Cl)cc1F)c1ccccc1NS(=O)(=O)c1cccs1. The summed E-state index contributed by atoms with van der Waals surface area (Å²) in [4.78, 5) is 13.5. The van der Waals surface area contributed by atoms with Gasteiger partial charge in [0.25, 0.3) is 26.0 Å². The fourth-order valence-electron chi connectivity index (χ4n) is 2.31. The molecule has 3 aromatic rings. The lowest BCUT2D eigenvalue weighted by Gasteiger charge is -2.13. The molecule has 2 aromatic carbocycles. The summed E-state index contributed by atoms with van der Waals surface area (Å²) in [6.07, 6.45) is 0. The van der Waals surface area contributed by atoms with Gasteiger partial charge in [-0.25, -0.2) is 21.2 Å². The molecule has 0 saturated carbocycles. The van der Waals surface area contributed by atoms with Gasteiger partial charge in [-0.1, -0.05) is 29.8 Å². The number of rotatable bonds is 7. The summed E-state index contributed by atoms with van der Waals surface area (Å²) in [5.41, 5.74) is 1.71. The monoisotopic (exact) mass is 489 g/mol. The van der Waals surface area contributed by atoms with Gasteiger partial charge in [-0.15, -0.1) is 16.2 Å². The Morgan fingerprint density at radius 2 is 1.70 bits per heavy atom. The highest BCUT2D eigenvalue weighted by Gasteiger charge is 2.23. The summed E-state index contributed by atoms with van der Waals surface area (Å²) in [6, 6.07) is 11.5. The Kier molecular flexibility index (Phi) is 6.43. The third kappa shape index (κ3) is 4.96. The van der Waals surface area contributed by atoms with E-state index in [9.17, 15) is 26.0 Å². The van der Waals surface area contributed by atoms with Crippen LogP contribution >= 0.6 is 22.9 Å². The second-order valence-corrected chi connectivity index (χ2v) is 10.7. The molecule has 1 heterocycles. The average molecular weight is 490 g/mol. The van der Waals surface area contributed by atoms with Crippen molar-refractivity contribution in [1.29, 1.82) is 0 Å². The van der Waals surface area contributed by atoms with Crippen molar-refractivity contribution >= 4 is 54.6 Å². The highest BCUT2D eigenvalue weighted by molar-refractivity contribution is 7.94. The quantitative estimate of drug-likeness (QED) is 0.440. The van der Waals surface area contributed by atoms with E-state index in [1.54, 1.807) is 16.3 Å². The second-order valence-electron chi connectivity index (χ2n) is 5.72. The number of benzene rings is 2. The van der Waals surface area contributed by atoms with Crippen molar-refractivity contribution in [3.8, 4) is 0 Å². The van der Waals surface area contributed by atoms with Crippen LogP contribution in [0.2, 0.25) is 5.02 Å². The van der Waals surface area contributed by atoms with Crippen LogP contribution in [0.1, 0.15) is 10.4 Å². The topological polar surface area (TPSA) is 121 Å². The molecule has 0 fully saturated rings. The number of carbonyl (C=O) groups is 1.